The molecule has 0 unspecified atom stereocenters. The standard InChI is InChI=1S/C23H28F4N2O5/c1-5-33-20(31)14(19(30)13-11-15(24)17(26)18(27)16(13)25)12-29-23(7-6-8-23)9-10-28-21(32)34-22(2,3)4/h11-12,29H,5-10H2,1-4H3,(H,28,32). The van der Waals surface area contributed by atoms with Crippen molar-refractivity contribution in [3.63, 3.8) is 0 Å². The summed E-state index contributed by atoms with van der Waals surface area (Å²) in [5.74, 6) is -10.4. The van der Waals surface area contributed by atoms with Crippen LogP contribution in [0.4, 0.5) is 22.4 Å². The molecule has 2 N–H and O–H groups in total. The van der Waals surface area contributed by atoms with Crippen LogP contribution in [0.2, 0.25) is 0 Å². The molecule has 0 aliphatic heterocycles. The highest BCUT2D eigenvalue weighted by Crippen LogP contribution is 2.35. The lowest BCUT2D eigenvalue weighted by molar-refractivity contribution is -0.138. The highest BCUT2D eigenvalue weighted by Gasteiger charge is 2.37. The minimum absolute atomic E-state index is 0.122. The van der Waals surface area contributed by atoms with Crippen LogP contribution < -0.4 is 10.6 Å². The molecule has 2 rings (SSSR count). The summed E-state index contributed by atoms with van der Waals surface area (Å²) >= 11 is 0. The molecular weight excluding hydrogens is 460 g/mol. The molecule has 0 bridgehead atoms. The molecule has 1 amide bonds. The van der Waals surface area contributed by atoms with E-state index in [0.717, 1.165) is 12.6 Å². The molecule has 0 heterocycles. The van der Waals surface area contributed by atoms with Gasteiger partial charge in [-0.05, 0) is 59.4 Å². The van der Waals surface area contributed by atoms with Crippen LogP contribution in [0.15, 0.2) is 17.8 Å². The second-order valence-electron chi connectivity index (χ2n) is 8.91. The van der Waals surface area contributed by atoms with Gasteiger partial charge in [-0.25, -0.2) is 27.2 Å². The molecule has 34 heavy (non-hydrogen) atoms. The quantitative estimate of drug-likeness (QED) is 0.0787. The normalized spacial score (nSPS) is 15.2. The Morgan fingerprint density at radius 3 is 2.26 bits per heavy atom. The molecule has 11 heteroatoms. The van der Waals surface area contributed by atoms with Gasteiger partial charge in [0.25, 0.3) is 0 Å². The van der Waals surface area contributed by atoms with Crippen molar-refractivity contribution < 1.29 is 41.4 Å². The molecular formula is C23H28F4N2O5. The Morgan fingerprint density at radius 1 is 1.09 bits per heavy atom. The van der Waals surface area contributed by atoms with Crippen LogP contribution in [0.5, 0.6) is 0 Å². The zero-order chi connectivity index (χ0) is 25.7. The van der Waals surface area contributed by atoms with E-state index in [1.807, 2.05) is 0 Å². The molecule has 7 nitrogen and oxygen atoms in total. The maximum atomic E-state index is 14.2. The lowest BCUT2D eigenvalue weighted by Gasteiger charge is -2.42. The van der Waals surface area contributed by atoms with Gasteiger partial charge in [0, 0.05) is 18.3 Å². The minimum atomic E-state index is -2.16. The summed E-state index contributed by atoms with van der Waals surface area (Å²) in [6.07, 6.45) is 2.91. The van der Waals surface area contributed by atoms with Crippen LogP contribution in [-0.4, -0.2) is 42.1 Å². The summed E-state index contributed by atoms with van der Waals surface area (Å²) in [6, 6.07) is 0.188. The summed E-state index contributed by atoms with van der Waals surface area (Å²) in [6.45, 7) is 6.75. The number of amides is 1. The number of nitrogens with one attached hydrogen (secondary N) is 2. The lowest BCUT2D eigenvalue weighted by atomic mass is 9.74. The molecule has 1 saturated carbocycles. The van der Waals surface area contributed by atoms with E-state index in [4.69, 9.17) is 9.47 Å². The van der Waals surface area contributed by atoms with Gasteiger partial charge in [0.15, 0.2) is 23.3 Å². The molecule has 1 aliphatic rings. The van der Waals surface area contributed by atoms with E-state index < -0.39 is 63.4 Å². The topological polar surface area (TPSA) is 93.7 Å². The first-order valence-corrected chi connectivity index (χ1v) is 10.8. The van der Waals surface area contributed by atoms with Gasteiger partial charge in [-0.2, -0.15) is 0 Å². The SMILES string of the molecule is CCOC(=O)C(=CNC1(CCNC(=O)OC(C)(C)C)CCC1)C(=O)c1cc(F)c(F)c(F)c1F. The predicted molar refractivity (Wildman–Crippen MR) is 114 cm³/mol. The van der Waals surface area contributed by atoms with Gasteiger partial charge in [-0.1, -0.05) is 0 Å². The second-order valence-corrected chi connectivity index (χ2v) is 8.91. The number of benzene rings is 1. The summed E-state index contributed by atoms with van der Waals surface area (Å²) in [5.41, 5.74) is -3.11. The Labute approximate surface area is 194 Å². The Bertz CT molecular complexity index is 985. The Kier molecular flexibility index (Phi) is 8.68. The summed E-state index contributed by atoms with van der Waals surface area (Å²) in [5, 5.41) is 5.56. The fraction of sp³-hybridized carbons (Fsp3) is 0.522. The third-order valence-corrected chi connectivity index (χ3v) is 5.19. The fourth-order valence-electron chi connectivity index (χ4n) is 3.32. The maximum absolute atomic E-state index is 14.2. The number of halogens is 4. The van der Waals surface area contributed by atoms with Crippen LogP contribution in [0.3, 0.4) is 0 Å². The third-order valence-electron chi connectivity index (χ3n) is 5.19. The minimum Gasteiger partial charge on any atom is -0.462 e. The van der Waals surface area contributed by atoms with Crippen molar-refractivity contribution in [2.75, 3.05) is 13.2 Å². The summed E-state index contributed by atoms with van der Waals surface area (Å²) in [4.78, 5) is 37.0. The number of carbonyl (C=O) groups is 3. The number of alkyl carbamates (subject to hydrolysis) is 1. The molecule has 0 spiro atoms. The number of hydrogen-bond acceptors (Lipinski definition) is 6. The molecule has 1 aromatic rings. The van der Waals surface area contributed by atoms with Crippen LogP contribution in [0, 0.1) is 23.3 Å². The Morgan fingerprint density at radius 2 is 1.74 bits per heavy atom. The molecule has 0 atom stereocenters. The van der Waals surface area contributed by atoms with Crippen LogP contribution in [0.1, 0.15) is 63.7 Å². The van der Waals surface area contributed by atoms with Crippen LogP contribution in [-0.2, 0) is 14.3 Å². The second kappa shape index (κ2) is 10.9. The van der Waals surface area contributed by atoms with Crippen molar-refractivity contribution >= 4 is 17.8 Å². The van der Waals surface area contributed by atoms with Crippen LogP contribution >= 0.6 is 0 Å². The fourth-order valence-corrected chi connectivity index (χ4v) is 3.32. The number of esters is 1. The molecule has 1 aliphatic carbocycles. The first kappa shape index (κ1) is 27.1. The average Bonchev–Trinajstić information content (AvgIpc) is 2.71. The van der Waals surface area contributed by atoms with Gasteiger partial charge >= 0.3 is 12.1 Å². The Balaban J connectivity index is 2.22. The van der Waals surface area contributed by atoms with Crippen molar-refractivity contribution in [3.8, 4) is 0 Å². The molecule has 0 radical (unpaired) electrons. The number of carbonyl (C=O) groups excluding carboxylic acids is 3. The monoisotopic (exact) mass is 488 g/mol. The number of Topliss-reactive ketones (excluding diaryl/α,β-unsaturated/α-hetero) is 1. The zero-order valence-corrected chi connectivity index (χ0v) is 19.5. The van der Waals surface area contributed by atoms with Gasteiger partial charge < -0.3 is 20.1 Å². The van der Waals surface area contributed by atoms with E-state index >= 15 is 0 Å². The van der Waals surface area contributed by atoms with Crippen molar-refractivity contribution in [3.05, 3.63) is 46.7 Å². The van der Waals surface area contributed by atoms with E-state index in [2.05, 4.69) is 10.6 Å². The van der Waals surface area contributed by atoms with E-state index in [9.17, 15) is 31.9 Å². The number of ketones is 1. The van der Waals surface area contributed by atoms with Crippen molar-refractivity contribution in [2.24, 2.45) is 0 Å². The van der Waals surface area contributed by atoms with E-state index in [1.54, 1.807) is 20.8 Å². The number of hydrogen-bond donors (Lipinski definition) is 2. The zero-order valence-electron chi connectivity index (χ0n) is 19.5. The van der Waals surface area contributed by atoms with Crippen molar-refractivity contribution in [1.29, 1.82) is 0 Å². The maximum Gasteiger partial charge on any atom is 0.407 e. The predicted octanol–water partition coefficient (Wildman–Crippen LogP) is 4.30. The number of ether oxygens (including phenoxy) is 2. The summed E-state index contributed by atoms with van der Waals surface area (Å²) in [7, 11) is 0. The Hall–Kier alpha value is -3.11. The molecule has 0 aromatic heterocycles. The molecule has 1 aromatic carbocycles. The lowest BCUT2D eigenvalue weighted by Crippen LogP contribution is -2.51. The van der Waals surface area contributed by atoms with E-state index in [1.165, 1.54) is 6.92 Å². The highest BCUT2D eigenvalue weighted by atomic mass is 19.2. The van der Waals surface area contributed by atoms with Gasteiger partial charge in [-0.15, -0.1) is 0 Å². The van der Waals surface area contributed by atoms with Gasteiger partial charge in [0.05, 0.1) is 12.2 Å². The summed E-state index contributed by atoms with van der Waals surface area (Å²) < 4.78 is 64.7. The largest absolute Gasteiger partial charge is 0.462 e. The van der Waals surface area contributed by atoms with E-state index in [0.29, 0.717) is 19.3 Å². The molecule has 188 valence electrons. The highest BCUT2D eigenvalue weighted by molar-refractivity contribution is 6.24. The number of rotatable bonds is 9. The first-order valence-electron chi connectivity index (χ1n) is 10.8. The van der Waals surface area contributed by atoms with Crippen molar-refractivity contribution in [2.45, 2.75) is 64.5 Å². The van der Waals surface area contributed by atoms with E-state index in [-0.39, 0.29) is 19.2 Å². The van der Waals surface area contributed by atoms with Crippen molar-refractivity contribution in [1.82, 2.24) is 10.6 Å². The van der Waals surface area contributed by atoms with Gasteiger partial charge in [0.2, 0.25) is 5.78 Å². The van der Waals surface area contributed by atoms with Gasteiger partial charge in [0.1, 0.15) is 11.2 Å². The average molecular weight is 488 g/mol. The van der Waals surface area contributed by atoms with Gasteiger partial charge in [-0.3, -0.25) is 4.79 Å². The smallest absolute Gasteiger partial charge is 0.407 e. The molecule has 0 saturated heterocycles. The molecule has 1 fully saturated rings. The first-order chi connectivity index (χ1) is 15.8. The third kappa shape index (κ3) is 6.71. The van der Waals surface area contributed by atoms with Crippen LogP contribution in [0.25, 0.3) is 0 Å².